The van der Waals surface area contributed by atoms with E-state index in [1.165, 1.54) is 0 Å². The number of hydrogen-bond acceptors (Lipinski definition) is 3. The van der Waals surface area contributed by atoms with E-state index in [-0.39, 0.29) is 17.6 Å². The zero-order chi connectivity index (χ0) is 14.3. The first-order valence-corrected chi connectivity index (χ1v) is 6.97. The molecule has 3 nitrogen and oxygen atoms in total. The molecule has 0 fully saturated rings. The lowest BCUT2D eigenvalue weighted by Crippen LogP contribution is -2.38. The minimum atomic E-state index is -0.870. The van der Waals surface area contributed by atoms with Crippen LogP contribution in [0.3, 0.4) is 0 Å². The Balaban J connectivity index is 2.71. The van der Waals surface area contributed by atoms with E-state index in [4.69, 9.17) is 22.8 Å². The summed E-state index contributed by atoms with van der Waals surface area (Å²) in [6, 6.07) is 0. The van der Waals surface area contributed by atoms with Crippen molar-refractivity contribution in [2.45, 2.75) is 56.0 Å². The average molecular weight is 285 g/mol. The van der Waals surface area contributed by atoms with Gasteiger partial charge in [0.15, 0.2) is 0 Å². The van der Waals surface area contributed by atoms with Crippen LogP contribution in [0.4, 0.5) is 0 Å². The van der Waals surface area contributed by atoms with Gasteiger partial charge in [-0.05, 0) is 18.9 Å². The zero-order valence-corrected chi connectivity index (χ0v) is 11.8. The Morgan fingerprint density at radius 1 is 1.53 bits per heavy atom. The van der Waals surface area contributed by atoms with Crippen molar-refractivity contribution < 1.29 is 14.9 Å². The molecule has 19 heavy (non-hydrogen) atoms. The van der Waals surface area contributed by atoms with Gasteiger partial charge < -0.3 is 14.9 Å². The van der Waals surface area contributed by atoms with Gasteiger partial charge in [0, 0.05) is 6.42 Å². The predicted octanol–water partition coefficient (Wildman–Crippen LogP) is 2.02. The highest BCUT2D eigenvalue weighted by molar-refractivity contribution is 6.21. The van der Waals surface area contributed by atoms with Crippen molar-refractivity contribution >= 4 is 11.6 Å². The molecule has 1 rings (SSSR count). The molecule has 106 valence electrons. The summed E-state index contributed by atoms with van der Waals surface area (Å²) < 4.78 is 5.88. The third-order valence-electron chi connectivity index (χ3n) is 3.12. The molecule has 1 unspecified atom stereocenters. The van der Waals surface area contributed by atoms with Crippen LogP contribution in [-0.4, -0.2) is 40.0 Å². The fourth-order valence-electron chi connectivity index (χ4n) is 1.95. The van der Waals surface area contributed by atoms with E-state index < -0.39 is 12.2 Å². The highest BCUT2D eigenvalue weighted by Crippen LogP contribution is 2.23. The lowest BCUT2D eigenvalue weighted by molar-refractivity contribution is -0.0482. The van der Waals surface area contributed by atoms with Crippen LogP contribution in [0.1, 0.15) is 26.2 Å². The molecule has 0 bridgehead atoms. The zero-order valence-electron chi connectivity index (χ0n) is 11.1. The normalized spacial score (nSPS) is 35.3. The van der Waals surface area contributed by atoms with Gasteiger partial charge in [0.05, 0.1) is 29.8 Å². The van der Waals surface area contributed by atoms with Crippen molar-refractivity contribution in [2.24, 2.45) is 0 Å². The Labute approximate surface area is 119 Å². The molecule has 5 atom stereocenters. The van der Waals surface area contributed by atoms with Crippen LogP contribution in [0.25, 0.3) is 0 Å². The Hall–Kier alpha value is -0.790. The van der Waals surface area contributed by atoms with Gasteiger partial charge in [-0.25, -0.2) is 0 Å². The molecule has 1 aliphatic rings. The van der Waals surface area contributed by atoms with Crippen molar-refractivity contribution in [1.82, 2.24) is 0 Å². The maximum atomic E-state index is 9.84. The molecule has 1 heterocycles. The summed E-state index contributed by atoms with van der Waals surface area (Å²) in [5.74, 6) is 2.40. The topological polar surface area (TPSA) is 49.7 Å². The van der Waals surface area contributed by atoms with E-state index >= 15 is 0 Å². The number of terminal acetylenes is 1. The molecule has 0 aliphatic carbocycles. The molecule has 4 heteroatoms. The minimum Gasteiger partial charge on any atom is -0.390 e. The standard InChI is InChI=1S/C15H21ClO3/c1-3-5-6-7-12(16)15-10-14(18)13(17)9-8-11(4-2)19-15/h1,5-6,8-9,11-15,17-18H,4,7,10H2,2H3/b6-5-,9-8-/t11-,12?,13-,14-,15-/m1/s1. The molecule has 2 N–H and O–H groups in total. The SMILES string of the molecule is C#C/C=C\CC(Cl)[C@H]1C[C@@H](O)[C@H](O)/C=C\[C@@H](CC)O1. The fourth-order valence-corrected chi connectivity index (χ4v) is 2.22. The first kappa shape index (κ1) is 16.3. The molecule has 0 aromatic rings. The van der Waals surface area contributed by atoms with Crippen molar-refractivity contribution in [3.63, 3.8) is 0 Å². The third-order valence-corrected chi connectivity index (χ3v) is 3.58. The van der Waals surface area contributed by atoms with Gasteiger partial charge in [-0.2, -0.15) is 0 Å². The second-order valence-corrected chi connectivity index (χ2v) is 5.18. The van der Waals surface area contributed by atoms with Crippen LogP contribution in [0.15, 0.2) is 24.3 Å². The predicted molar refractivity (Wildman–Crippen MR) is 77.0 cm³/mol. The maximum absolute atomic E-state index is 9.84. The highest BCUT2D eigenvalue weighted by atomic mass is 35.5. The second-order valence-electron chi connectivity index (χ2n) is 4.62. The summed E-state index contributed by atoms with van der Waals surface area (Å²) in [6.07, 6.45) is 11.4. The van der Waals surface area contributed by atoms with Gasteiger partial charge in [0.2, 0.25) is 0 Å². The number of allylic oxidation sites excluding steroid dienone is 2. The number of hydrogen-bond donors (Lipinski definition) is 2. The van der Waals surface area contributed by atoms with E-state index in [2.05, 4.69) is 5.92 Å². The van der Waals surface area contributed by atoms with Crippen LogP contribution in [0, 0.1) is 12.3 Å². The van der Waals surface area contributed by atoms with E-state index in [1.54, 1.807) is 24.3 Å². The molecule has 0 aromatic carbocycles. The summed E-state index contributed by atoms with van der Waals surface area (Å²) in [5.41, 5.74) is 0. The quantitative estimate of drug-likeness (QED) is 0.472. The van der Waals surface area contributed by atoms with Crippen LogP contribution in [-0.2, 0) is 4.74 Å². The number of aliphatic hydroxyl groups excluding tert-OH is 2. The van der Waals surface area contributed by atoms with Crippen LogP contribution >= 0.6 is 11.6 Å². The number of halogens is 1. The molecule has 0 aromatic heterocycles. The molecule has 0 spiro atoms. The Morgan fingerprint density at radius 3 is 2.89 bits per heavy atom. The van der Waals surface area contributed by atoms with Crippen molar-refractivity contribution in [1.29, 1.82) is 0 Å². The minimum absolute atomic E-state index is 0.0926. The maximum Gasteiger partial charge on any atom is 0.0981 e. The number of aliphatic hydroxyl groups is 2. The highest BCUT2D eigenvalue weighted by Gasteiger charge is 2.29. The fraction of sp³-hybridized carbons (Fsp3) is 0.600. The lowest BCUT2D eigenvalue weighted by atomic mass is 9.99. The Kier molecular flexibility index (Phi) is 7.19. The van der Waals surface area contributed by atoms with Gasteiger partial charge >= 0.3 is 0 Å². The van der Waals surface area contributed by atoms with E-state index in [0.29, 0.717) is 12.8 Å². The summed E-state index contributed by atoms with van der Waals surface area (Å²) >= 11 is 6.29. The van der Waals surface area contributed by atoms with Crippen molar-refractivity contribution in [2.75, 3.05) is 0 Å². The summed E-state index contributed by atoms with van der Waals surface area (Å²) in [6.45, 7) is 2.00. The van der Waals surface area contributed by atoms with E-state index in [9.17, 15) is 10.2 Å². The summed E-state index contributed by atoms with van der Waals surface area (Å²) in [4.78, 5) is 0. The Morgan fingerprint density at radius 2 is 2.26 bits per heavy atom. The molecule has 0 saturated heterocycles. The van der Waals surface area contributed by atoms with Gasteiger partial charge in [0.1, 0.15) is 0 Å². The summed E-state index contributed by atoms with van der Waals surface area (Å²) in [7, 11) is 0. The molecule has 0 amide bonds. The third kappa shape index (κ3) is 5.38. The Bertz CT molecular complexity index is 359. The van der Waals surface area contributed by atoms with Gasteiger partial charge in [-0.3, -0.25) is 0 Å². The first-order chi connectivity index (χ1) is 9.08. The van der Waals surface area contributed by atoms with Crippen LogP contribution < -0.4 is 0 Å². The smallest absolute Gasteiger partial charge is 0.0981 e. The van der Waals surface area contributed by atoms with Gasteiger partial charge in [0.25, 0.3) is 0 Å². The second kappa shape index (κ2) is 8.39. The largest absolute Gasteiger partial charge is 0.390 e. The van der Waals surface area contributed by atoms with E-state index in [0.717, 1.165) is 6.42 Å². The molecule has 1 aliphatic heterocycles. The molecular weight excluding hydrogens is 264 g/mol. The number of rotatable bonds is 4. The van der Waals surface area contributed by atoms with Crippen molar-refractivity contribution in [3.05, 3.63) is 24.3 Å². The van der Waals surface area contributed by atoms with Gasteiger partial charge in [-0.15, -0.1) is 18.0 Å². The first-order valence-electron chi connectivity index (χ1n) is 6.53. The molecular formula is C15H21ClO3. The molecule has 0 radical (unpaired) electrons. The average Bonchev–Trinajstić information content (AvgIpc) is 2.39. The van der Waals surface area contributed by atoms with E-state index in [1.807, 2.05) is 6.92 Å². The van der Waals surface area contributed by atoms with Crippen LogP contribution in [0.2, 0.25) is 0 Å². The number of alkyl halides is 1. The van der Waals surface area contributed by atoms with Crippen LogP contribution in [0.5, 0.6) is 0 Å². The number of ether oxygens (including phenoxy) is 1. The van der Waals surface area contributed by atoms with Gasteiger partial charge in [-0.1, -0.05) is 31.1 Å². The summed E-state index contributed by atoms with van der Waals surface area (Å²) in [5, 5.41) is 19.3. The lowest BCUT2D eigenvalue weighted by Gasteiger charge is -2.30. The molecule has 0 saturated carbocycles. The van der Waals surface area contributed by atoms with Crippen molar-refractivity contribution in [3.8, 4) is 12.3 Å². The monoisotopic (exact) mass is 284 g/mol.